The second-order valence-corrected chi connectivity index (χ2v) is 8.24. The lowest BCUT2D eigenvalue weighted by Crippen LogP contribution is -2.42. The van der Waals surface area contributed by atoms with Crippen LogP contribution in [0.3, 0.4) is 0 Å². The summed E-state index contributed by atoms with van der Waals surface area (Å²) in [5.74, 6) is 7.02. The quantitative estimate of drug-likeness (QED) is 0.478. The number of amides is 1. The van der Waals surface area contributed by atoms with Crippen molar-refractivity contribution in [3.05, 3.63) is 24.0 Å². The minimum absolute atomic E-state index is 0.0184. The number of carbonyl (C=O) groups is 1. The van der Waals surface area contributed by atoms with E-state index in [1.54, 1.807) is 11.1 Å². The maximum absolute atomic E-state index is 12.4. The monoisotopic (exact) mass is 386 g/mol. The number of rotatable bonds is 7. The lowest BCUT2D eigenvalue weighted by molar-refractivity contribution is 0.0187. The third kappa shape index (κ3) is 7.42. The van der Waals surface area contributed by atoms with E-state index in [0.29, 0.717) is 24.6 Å². The molecule has 0 N–H and O–H groups in total. The first-order valence-corrected chi connectivity index (χ1v) is 10.5. The van der Waals surface area contributed by atoms with Crippen LogP contribution in [-0.2, 0) is 4.74 Å². The molecule has 0 aliphatic carbocycles. The third-order valence-electron chi connectivity index (χ3n) is 4.57. The SMILES string of the molecule is CCCCCCC#Cc1ncccc1OC[C@H]1CCCN1C(=O)OC(C)(C)C. The van der Waals surface area contributed by atoms with E-state index < -0.39 is 5.60 Å². The lowest BCUT2D eigenvalue weighted by atomic mass is 10.1. The molecule has 5 nitrogen and oxygen atoms in total. The van der Waals surface area contributed by atoms with E-state index in [0.717, 1.165) is 25.7 Å². The van der Waals surface area contributed by atoms with Gasteiger partial charge >= 0.3 is 6.09 Å². The number of unbranched alkanes of at least 4 members (excludes halogenated alkanes) is 4. The Bertz CT molecular complexity index is 685. The minimum Gasteiger partial charge on any atom is -0.488 e. The summed E-state index contributed by atoms with van der Waals surface area (Å²) < 4.78 is 11.5. The van der Waals surface area contributed by atoms with Gasteiger partial charge in [-0.2, -0.15) is 0 Å². The number of nitrogens with zero attached hydrogens (tertiary/aromatic N) is 2. The van der Waals surface area contributed by atoms with Crippen LogP contribution in [0.1, 0.15) is 78.3 Å². The average Bonchev–Trinajstić information content (AvgIpc) is 3.11. The van der Waals surface area contributed by atoms with Crippen LogP contribution in [0.4, 0.5) is 4.79 Å². The van der Waals surface area contributed by atoms with Crippen LogP contribution in [0, 0.1) is 11.8 Å². The molecule has 1 aromatic rings. The molecule has 1 fully saturated rings. The molecule has 1 aromatic heterocycles. The Hall–Kier alpha value is -2.22. The number of hydrogen-bond donors (Lipinski definition) is 0. The van der Waals surface area contributed by atoms with Crippen LogP contribution in [-0.4, -0.2) is 40.8 Å². The van der Waals surface area contributed by atoms with E-state index in [-0.39, 0.29) is 12.1 Å². The van der Waals surface area contributed by atoms with Crippen molar-refractivity contribution in [2.24, 2.45) is 0 Å². The maximum atomic E-state index is 12.4. The largest absolute Gasteiger partial charge is 0.488 e. The second kappa shape index (κ2) is 10.9. The Labute approximate surface area is 169 Å². The molecule has 1 atom stereocenters. The molecule has 2 heterocycles. The van der Waals surface area contributed by atoms with Crippen LogP contribution in [0.2, 0.25) is 0 Å². The van der Waals surface area contributed by atoms with E-state index in [1.807, 2.05) is 32.9 Å². The normalized spacial score (nSPS) is 16.4. The van der Waals surface area contributed by atoms with Crippen molar-refractivity contribution in [2.45, 2.75) is 84.3 Å². The van der Waals surface area contributed by atoms with Gasteiger partial charge in [-0.25, -0.2) is 9.78 Å². The van der Waals surface area contributed by atoms with Crippen LogP contribution in [0.25, 0.3) is 0 Å². The molecule has 0 radical (unpaired) electrons. The summed E-state index contributed by atoms with van der Waals surface area (Å²) in [5.41, 5.74) is 0.175. The smallest absolute Gasteiger partial charge is 0.410 e. The van der Waals surface area contributed by atoms with Crippen molar-refractivity contribution in [1.82, 2.24) is 9.88 Å². The minimum atomic E-state index is -0.492. The van der Waals surface area contributed by atoms with Gasteiger partial charge < -0.3 is 14.4 Å². The van der Waals surface area contributed by atoms with Crippen molar-refractivity contribution in [3.8, 4) is 17.6 Å². The fourth-order valence-electron chi connectivity index (χ4n) is 3.14. The Balaban J connectivity index is 1.91. The lowest BCUT2D eigenvalue weighted by Gasteiger charge is -2.28. The Morgan fingerprint density at radius 2 is 2.14 bits per heavy atom. The summed E-state index contributed by atoms with van der Waals surface area (Å²) in [6.07, 6.45) is 9.05. The molecular formula is C23H34N2O3. The van der Waals surface area contributed by atoms with Gasteiger partial charge in [-0.15, -0.1) is 0 Å². The van der Waals surface area contributed by atoms with Gasteiger partial charge in [0.2, 0.25) is 0 Å². The molecule has 1 saturated heterocycles. The van der Waals surface area contributed by atoms with Gasteiger partial charge in [0.1, 0.15) is 12.2 Å². The standard InChI is InChI=1S/C23H34N2O3/c1-5-6-7-8-9-10-14-20-21(15-11-16-24-20)27-18-19-13-12-17-25(19)22(26)28-23(2,3)4/h11,15-16,19H,5-9,12-13,17-18H2,1-4H3/t19-/m1/s1. The molecule has 0 bridgehead atoms. The molecular weight excluding hydrogens is 352 g/mol. The molecule has 5 heteroatoms. The second-order valence-electron chi connectivity index (χ2n) is 8.24. The first kappa shape index (κ1) is 22.1. The first-order valence-electron chi connectivity index (χ1n) is 10.5. The number of aromatic nitrogens is 1. The number of ether oxygens (including phenoxy) is 2. The van der Waals surface area contributed by atoms with E-state index in [2.05, 4.69) is 23.7 Å². The average molecular weight is 387 g/mol. The molecule has 0 unspecified atom stereocenters. The van der Waals surface area contributed by atoms with Crippen LogP contribution in [0.5, 0.6) is 5.75 Å². The number of carbonyl (C=O) groups excluding carboxylic acids is 1. The topological polar surface area (TPSA) is 51.7 Å². The van der Waals surface area contributed by atoms with Crippen LogP contribution >= 0.6 is 0 Å². The molecule has 1 amide bonds. The van der Waals surface area contributed by atoms with Crippen molar-refractivity contribution >= 4 is 6.09 Å². The van der Waals surface area contributed by atoms with E-state index in [1.165, 1.54) is 19.3 Å². The summed E-state index contributed by atoms with van der Waals surface area (Å²) in [5, 5.41) is 0. The Morgan fingerprint density at radius 3 is 2.89 bits per heavy atom. The molecule has 2 rings (SSSR count). The summed E-state index contributed by atoms with van der Waals surface area (Å²) in [6, 6.07) is 3.76. The van der Waals surface area contributed by atoms with Gasteiger partial charge in [0.25, 0.3) is 0 Å². The first-order chi connectivity index (χ1) is 13.4. The van der Waals surface area contributed by atoms with Gasteiger partial charge in [-0.05, 0) is 58.1 Å². The number of pyridine rings is 1. The van der Waals surface area contributed by atoms with Crippen LogP contribution in [0.15, 0.2) is 18.3 Å². The number of likely N-dealkylation sites (tertiary alicyclic amines) is 1. The van der Waals surface area contributed by atoms with Crippen molar-refractivity contribution in [1.29, 1.82) is 0 Å². The molecule has 0 spiro atoms. The molecule has 0 saturated carbocycles. The van der Waals surface area contributed by atoms with Gasteiger partial charge in [-0.3, -0.25) is 0 Å². The Morgan fingerprint density at radius 1 is 1.32 bits per heavy atom. The van der Waals surface area contributed by atoms with E-state index >= 15 is 0 Å². The van der Waals surface area contributed by atoms with Gasteiger partial charge in [-0.1, -0.05) is 32.1 Å². The van der Waals surface area contributed by atoms with Crippen molar-refractivity contribution < 1.29 is 14.3 Å². The zero-order valence-electron chi connectivity index (χ0n) is 17.8. The highest BCUT2D eigenvalue weighted by molar-refractivity contribution is 5.69. The predicted molar refractivity (Wildman–Crippen MR) is 111 cm³/mol. The molecule has 1 aliphatic heterocycles. The van der Waals surface area contributed by atoms with Crippen molar-refractivity contribution in [3.63, 3.8) is 0 Å². The predicted octanol–water partition coefficient (Wildman–Crippen LogP) is 5.18. The fourth-order valence-corrected chi connectivity index (χ4v) is 3.14. The van der Waals surface area contributed by atoms with Gasteiger partial charge in [0.05, 0.1) is 6.04 Å². The summed E-state index contributed by atoms with van der Waals surface area (Å²) >= 11 is 0. The molecule has 0 aromatic carbocycles. The van der Waals surface area contributed by atoms with E-state index in [4.69, 9.17) is 9.47 Å². The summed E-state index contributed by atoms with van der Waals surface area (Å²) in [6.45, 7) is 8.99. The zero-order valence-corrected chi connectivity index (χ0v) is 17.8. The van der Waals surface area contributed by atoms with Gasteiger partial charge in [0, 0.05) is 19.2 Å². The molecule has 154 valence electrons. The number of hydrogen-bond acceptors (Lipinski definition) is 4. The van der Waals surface area contributed by atoms with Crippen LogP contribution < -0.4 is 4.74 Å². The maximum Gasteiger partial charge on any atom is 0.410 e. The molecule has 28 heavy (non-hydrogen) atoms. The summed E-state index contributed by atoms with van der Waals surface area (Å²) in [7, 11) is 0. The highest BCUT2D eigenvalue weighted by atomic mass is 16.6. The Kier molecular flexibility index (Phi) is 8.63. The highest BCUT2D eigenvalue weighted by Crippen LogP contribution is 2.23. The van der Waals surface area contributed by atoms with Crippen molar-refractivity contribution in [2.75, 3.05) is 13.2 Å². The third-order valence-corrected chi connectivity index (χ3v) is 4.57. The van der Waals surface area contributed by atoms with E-state index in [9.17, 15) is 4.79 Å². The summed E-state index contributed by atoms with van der Waals surface area (Å²) in [4.78, 5) is 18.5. The highest BCUT2D eigenvalue weighted by Gasteiger charge is 2.32. The fraction of sp³-hybridized carbons (Fsp3) is 0.652. The zero-order chi connectivity index (χ0) is 20.4. The molecule has 1 aliphatic rings. The van der Waals surface area contributed by atoms with Gasteiger partial charge in [0.15, 0.2) is 11.4 Å².